The number of aromatic nitrogens is 2. The summed E-state index contributed by atoms with van der Waals surface area (Å²) >= 11 is 0. The summed E-state index contributed by atoms with van der Waals surface area (Å²) in [5.74, 6) is 0.662. The van der Waals surface area contributed by atoms with Crippen LogP contribution >= 0.6 is 0 Å². The van der Waals surface area contributed by atoms with Crippen molar-refractivity contribution in [3.05, 3.63) is 242 Å². The Hall–Kier alpha value is -8.97. The zero-order valence-corrected chi connectivity index (χ0v) is 35.9. The minimum Gasteiger partial charge on any atom is -0.228 e. The summed E-state index contributed by atoms with van der Waals surface area (Å²) < 4.78 is 0. The highest BCUT2D eigenvalue weighted by Gasteiger charge is 2.16. The minimum atomic E-state index is 0.640. The van der Waals surface area contributed by atoms with Crippen molar-refractivity contribution in [2.45, 2.75) is 0 Å². The van der Waals surface area contributed by atoms with Gasteiger partial charge in [0.05, 0.1) is 23.0 Å². The third-order valence-electron chi connectivity index (χ3n) is 12.9. The van der Waals surface area contributed by atoms with Gasteiger partial charge < -0.3 is 0 Å². The summed E-state index contributed by atoms with van der Waals surface area (Å²) in [6.45, 7) is 0. The van der Waals surface area contributed by atoms with Gasteiger partial charge in [0, 0.05) is 16.7 Å². The molecule has 1 heterocycles. The second-order valence-electron chi connectivity index (χ2n) is 16.8. The first-order valence-corrected chi connectivity index (χ1v) is 22.3. The van der Waals surface area contributed by atoms with Gasteiger partial charge in [-0.1, -0.05) is 206 Å². The molecule has 12 rings (SSSR count). The van der Waals surface area contributed by atoms with Crippen molar-refractivity contribution in [2.75, 3.05) is 0 Å². The molecule has 0 aliphatic heterocycles. The van der Waals surface area contributed by atoms with Crippen molar-refractivity contribution in [3.63, 3.8) is 0 Å². The van der Waals surface area contributed by atoms with Crippen molar-refractivity contribution in [1.82, 2.24) is 9.97 Å². The first-order chi connectivity index (χ1) is 32.6. The van der Waals surface area contributed by atoms with Gasteiger partial charge in [-0.05, 0) is 118 Å². The first-order valence-electron chi connectivity index (χ1n) is 22.3. The van der Waals surface area contributed by atoms with Gasteiger partial charge in [-0.25, -0.2) is 9.97 Å². The molecule has 0 spiro atoms. The molecular formula is C63H39N3. The van der Waals surface area contributed by atoms with Crippen molar-refractivity contribution < 1.29 is 0 Å². The fourth-order valence-corrected chi connectivity index (χ4v) is 9.63. The molecule has 0 radical (unpaired) electrons. The zero-order chi connectivity index (χ0) is 44.0. The lowest BCUT2D eigenvalue weighted by Crippen LogP contribution is -1.96. The summed E-state index contributed by atoms with van der Waals surface area (Å²) in [4.78, 5) is 10.3. The summed E-state index contributed by atoms with van der Waals surface area (Å²) in [6, 6.07) is 86.0. The molecule has 0 atom stereocenters. The Bertz CT molecular complexity index is 3850. The molecule has 306 valence electrons. The molecule has 0 unspecified atom stereocenters. The maximum absolute atomic E-state index is 9.33. The van der Waals surface area contributed by atoms with Crippen molar-refractivity contribution in [3.8, 4) is 84.5 Å². The predicted molar refractivity (Wildman–Crippen MR) is 275 cm³/mol. The van der Waals surface area contributed by atoms with Crippen LogP contribution in [0, 0.1) is 11.3 Å². The molecule has 0 saturated heterocycles. The number of nitrogens with zero attached hydrogens (tertiary/aromatic N) is 3. The second-order valence-corrected chi connectivity index (χ2v) is 16.8. The molecule has 3 nitrogen and oxygen atoms in total. The highest BCUT2D eigenvalue weighted by atomic mass is 14.9. The summed E-state index contributed by atoms with van der Waals surface area (Å²) in [5.41, 5.74) is 14.6. The molecule has 66 heavy (non-hydrogen) atoms. The minimum absolute atomic E-state index is 0.640. The van der Waals surface area contributed by atoms with Crippen LogP contribution in [0.1, 0.15) is 5.56 Å². The number of hydrogen-bond acceptors (Lipinski definition) is 3. The van der Waals surface area contributed by atoms with E-state index in [1.54, 1.807) is 0 Å². The van der Waals surface area contributed by atoms with E-state index < -0.39 is 0 Å². The van der Waals surface area contributed by atoms with E-state index in [9.17, 15) is 5.26 Å². The summed E-state index contributed by atoms with van der Waals surface area (Å²) in [7, 11) is 0. The van der Waals surface area contributed by atoms with Crippen LogP contribution in [0.4, 0.5) is 0 Å². The van der Waals surface area contributed by atoms with E-state index in [1.807, 2.05) is 42.5 Å². The number of rotatable bonds is 7. The Morgan fingerprint density at radius 3 is 1.50 bits per heavy atom. The second kappa shape index (κ2) is 16.3. The van der Waals surface area contributed by atoms with Crippen LogP contribution in [0.3, 0.4) is 0 Å². The van der Waals surface area contributed by atoms with Gasteiger partial charge in [-0.3, -0.25) is 0 Å². The summed E-state index contributed by atoms with van der Waals surface area (Å²) in [6.07, 6.45) is 0. The van der Waals surface area contributed by atoms with Crippen LogP contribution in [0.5, 0.6) is 0 Å². The van der Waals surface area contributed by atoms with E-state index in [0.717, 1.165) is 44.8 Å². The molecule has 0 bridgehead atoms. The van der Waals surface area contributed by atoms with Gasteiger partial charge in [-0.15, -0.1) is 0 Å². The Balaban J connectivity index is 0.894. The van der Waals surface area contributed by atoms with Crippen LogP contribution in [-0.2, 0) is 0 Å². The first kappa shape index (κ1) is 38.7. The lowest BCUT2D eigenvalue weighted by molar-refractivity contribution is 1.18. The van der Waals surface area contributed by atoms with E-state index in [-0.39, 0.29) is 0 Å². The average molecular weight is 838 g/mol. The van der Waals surface area contributed by atoms with Crippen molar-refractivity contribution in [1.29, 1.82) is 5.26 Å². The molecule has 0 aliphatic rings. The van der Waals surface area contributed by atoms with Gasteiger partial charge in [0.2, 0.25) is 0 Å². The van der Waals surface area contributed by atoms with Gasteiger partial charge in [0.25, 0.3) is 0 Å². The third-order valence-corrected chi connectivity index (χ3v) is 12.9. The van der Waals surface area contributed by atoms with Crippen LogP contribution in [0.15, 0.2) is 237 Å². The molecular weight excluding hydrogens is 799 g/mol. The van der Waals surface area contributed by atoms with E-state index in [2.05, 4.69) is 200 Å². The van der Waals surface area contributed by atoms with Crippen molar-refractivity contribution >= 4 is 43.1 Å². The lowest BCUT2D eigenvalue weighted by atomic mass is 9.88. The molecule has 0 amide bonds. The fraction of sp³-hybridized carbons (Fsp3) is 0. The maximum Gasteiger partial charge on any atom is 0.160 e. The molecule has 3 heteroatoms. The quantitative estimate of drug-likeness (QED) is 0.119. The van der Waals surface area contributed by atoms with Crippen LogP contribution < -0.4 is 0 Å². The van der Waals surface area contributed by atoms with Crippen LogP contribution in [0.2, 0.25) is 0 Å². The number of hydrogen-bond donors (Lipinski definition) is 0. The Morgan fingerprint density at radius 1 is 0.288 bits per heavy atom. The predicted octanol–water partition coefficient (Wildman–Crippen LogP) is 16.6. The smallest absolute Gasteiger partial charge is 0.160 e. The maximum atomic E-state index is 9.33. The van der Waals surface area contributed by atoms with Crippen molar-refractivity contribution in [2.24, 2.45) is 0 Å². The van der Waals surface area contributed by atoms with Gasteiger partial charge in [0.15, 0.2) is 5.82 Å². The molecule has 0 saturated carbocycles. The number of fused-ring (bicyclic) bond motifs is 5. The van der Waals surface area contributed by atoms with E-state index >= 15 is 0 Å². The fourth-order valence-electron chi connectivity index (χ4n) is 9.63. The van der Waals surface area contributed by atoms with Gasteiger partial charge in [-0.2, -0.15) is 5.26 Å². The number of nitriles is 1. The SMILES string of the molecule is N#Cc1ccc(-c2cccc(-c3cc(-c4ccccc4)nc(-c4ccc(-c5ccc(-c6ccc(-c7c8ccccc8cc8c7ccc7ccccc78)cc6)c6ccccc56)cc4)n3)c2)cc1. The molecule has 0 N–H and O–H groups in total. The molecule has 11 aromatic carbocycles. The normalized spacial score (nSPS) is 11.3. The van der Waals surface area contributed by atoms with Gasteiger partial charge in [0.1, 0.15) is 0 Å². The number of benzene rings is 11. The molecule has 0 aliphatic carbocycles. The van der Waals surface area contributed by atoms with Gasteiger partial charge >= 0.3 is 0 Å². The van der Waals surface area contributed by atoms with E-state index in [1.165, 1.54) is 70.9 Å². The monoisotopic (exact) mass is 837 g/mol. The molecule has 0 fully saturated rings. The standard InChI is InChI=1S/C63H39N3/c64-40-41-21-23-42(24-22-41)49-15-10-16-51(37-49)61-39-60(46-12-2-1-3-13-46)65-63(66-61)48-31-27-45(28-32-48)54-36-35-53(56-19-8-9-20-57(54)56)44-25-29-47(30-26-44)62-55-18-7-5-14-50(55)38-59-52-17-6-4-11-43(52)33-34-58(59)62/h1-39H. The zero-order valence-electron chi connectivity index (χ0n) is 35.9. The third kappa shape index (κ3) is 6.95. The Kier molecular flexibility index (Phi) is 9.55. The highest BCUT2D eigenvalue weighted by molar-refractivity contribution is 6.20. The van der Waals surface area contributed by atoms with Crippen LogP contribution in [0.25, 0.3) is 122 Å². The van der Waals surface area contributed by atoms with E-state index in [0.29, 0.717) is 11.4 Å². The highest BCUT2D eigenvalue weighted by Crippen LogP contribution is 2.42. The average Bonchev–Trinajstić information content (AvgIpc) is 3.40. The lowest BCUT2D eigenvalue weighted by Gasteiger charge is -2.15. The largest absolute Gasteiger partial charge is 0.228 e. The Morgan fingerprint density at radius 2 is 0.818 bits per heavy atom. The Labute approximate surface area is 383 Å². The molecule has 12 aromatic rings. The van der Waals surface area contributed by atoms with Crippen LogP contribution in [-0.4, -0.2) is 9.97 Å². The van der Waals surface area contributed by atoms with E-state index in [4.69, 9.17) is 9.97 Å². The molecule has 1 aromatic heterocycles. The summed E-state index contributed by atoms with van der Waals surface area (Å²) in [5, 5.41) is 19.3. The topological polar surface area (TPSA) is 49.6 Å².